The van der Waals surface area contributed by atoms with Gasteiger partial charge < -0.3 is 14.9 Å². The van der Waals surface area contributed by atoms with Gasteiger partial charge in [-0.1, -0.05) is 20.8 Å². The van der Waals surface area contributed by atoms with Gasteiger partial charge in [0.05, 0.1) is 12.2 Å². The number of aliphatic hydroxyl groups excluding tert-OH is 2. The Bertz CT molecular complexity index is 943. The van der Waals surface area contributed by atoms with Gasteiger partial charge in [-0.25, -0.2) is 0 Å². The molecule has 0 bridgehead atoms. The third kappa shape index (κ3) is 4.84. The maximum absolute atomic E-state index is 13.3. The zero-order valence-corrected chi connectivity index (χ0v) is 22.4. The third-order valence-electron chi connectivity index (χ3n) is 11.0. The molecule has 208 valence electrons. The summed E-state index contributed by atoms with van der Waals surface area (Å²) in [6.07, 6.45) is 7.21. The van der Waals surface area contributed by atoms with E-state index in [1.165, 1.54) is 0 Å². The van der Waals surface area contributed by atoms with Crippen molar-refractivity contribution in [2.75, 3.05) is 6.61 Å². The molecular formula is C26H42F2O7S. The quantitative estimate of drug-likeness (QED) is 0.325. The molecule has 0 heterocycles. The number of carbonyl (C=O) groups excluding carboxylic acids is 1. The lowest BCUT2D eigenvalue weighted by molar-refractivity contribution is -0.174. The van der Waals surface area contributed by atoms with E-state index in [1.807, 2.05) is 0 Å². The fraction of sp³-hybridized carbons (Fsp3) is 0.962. The zero-order valence-electron chi connectivity index (χ0n) is 21.5. The first kappa shape index (κ1) is 28.2. The highest BCUT2D eigenvalue weighted by atomic mass is 32.2. The maximum Gasteiger partial charge on any atom is 0.402 e. The summed E-state index contributed by atoms with van der Waals surface area (Å²) in [5, 5.41) is 17.0. The van der Waals surface area contributed by atoms with Crippen molar-refractivity contribution in [2.24, 2.45) is 46.3 Å². The van der Waals surface area contributed by atoms with Crippen LogP contribution in [0.2, 0.25) is 0 Å². The standard InChI is InChI=1S/C26H42F2O7S/c1-15(4-7-22(31)35-14-26(27,28)36(32,33)34)18-5-6-19-23-20(9-11-25(18,19)3)24(2)10-8-17(29)12-16(24)13-21(23)30/h15-21,23,29-30H,4-14H2,1-3H3,(H,32,33,34)/t15-,16?,17-,18-,19+,20+,21+,23+,24+,25-/m1/s1. The van der Waals surface area contributed by atoms with Gasteiger partial charge in [0.15, 0.2) is 6.61 Å². The normalized spacial score (nSPS) is 43.7. The van der Waals surface area contributed by atoms with E-state index < -0.39 is 27.9 Å². The van der Waals surface area contributed by atoms with E-state index in [9.17, 15) is 32.2 Å². The molecule has 4 aliphatic rings. The number of hydrogen-bond acceptors (Lipinski definition) is 6. The minimum atomic E-state index is -5.64. The first-order valence-electron chi connectivity index (χ1n) is 13.5. The van der Waals surface area contributed by atoms with Crippen molar-refractivity contribution in [3.05, 3.63) is 0 Å². The Morgan fingerprint density at radius 2 is 1.69 bits per heavy atom. The minimum Gasteiger partial charge on any atom is -0.458 e. The Labute approximate surface area is 213 Å². The van der Waals surface area contributed by atoms with Crippen LogP contribution < -0.4 is 0 Å². The van der Waals surface area contributed by atoms with Crippen molar-refractivity contribution in [1.82, 2.24) is 0 Å². The lowest BCUT2D eigenvalue weighted by atomic mass is 9.43. The monoisotopic (exact) mass is 536 g/mol. The molecule has 10 atom stereocenters. The van der Waals surface area contributed by atoms with Gasteiger partial charge in [0.25, 0.3) is 0 Å². The van der Waals surface area contributed by atoms with Gasteiger partial charge in [-0.2, -0.15) is 17.2 Å². The first-order chi connectivity index (χ1) is 16.6. The third-order valence-corrected chi connectivity index (χ3v) is 11.9. The van der Waals surface area contributed by atoms with E-state index in [0.717, 1.165) is 51.4 Å². The Kier molecular flexibility index (Phi) is 7.61. The highest BCUT2D eigenvalue weighted by Gasteiger charge is 2.62. The van der Waals surface area contributed by atoms with Crippen LogP contribution in [0, 0.1) is 46.3 Å². The molecular weight excluding hydrogens is 494 g/mol. The van der Waals surface area contributed by atoms with E-state index in [4.69, 9.17) is 4.55 Å². The molecule has 4 saturated carbocycles. The summed E-state index contributed by atoms with van der Waals surface area (Å²) in [4.78, 5) is 12.0. The molecule has 0 spiro atoms. The van der Waals surface area contributed by atoms with E-state index in [-0.39, 0.29) is 41.3 Å². The summed E-state index contributed by atoms with van der Waals surface area (Å²) in [5.41, 5.74) is 0.183. The lowest BCUT2D eigenvalue weighted by Crippen LogP contribution is -2.58. The van der Waals surface area contributed by atoms with Gasteiger partial charge in [-0.15, -0.1) is 0 Å². The van der Waals surface area contributed by atoms with Gasteiger partial charge in [-0.05, 0) is 104 Å². The molecule has 4 rings (SSSR count). The van der Waals surface area contributed by atoms with Gasteiger partial charge in [0, 0.05) is 6.42 Å². The highest BCUT2D eigenvalue weighted by molar-refractivity contribution is 7.86. The summed E-state index contributed by atoms with van der Waals surface area (Å²) in [7, 11) is -5.64. The van der Waals surface area contributed by atoms with E-state index in [1.54, 1.807) is 0 Å². The smallest absolute Gasteiger partial charge is 0.402 e. The Morgan fingerprint density at radius 3 is 2.36 bits per heavy atom. The number of ether oxygens (including phenoxy) is 1. The summed E-state index contributed by atoms with van der Waals surface area (Å²) in [6.45, 7) is 5.07. The largest absolute Gasteiger partial charge is 0.458 e. The van der Waals surface area contributed by atoms with Crippen molar-refractivity contribution in [3.8, 4) is 0 Å². The fourth-order valence-electron chi connectivity index (χ4n) is 9.03. The second-order valence-corrected chi connectivity index (χ2v) is 14.3. The van der Waals surface area contributed by atoms with Crippen molar-refractivity contribution in [2.45, 2.75) is 102 Å². The summed E-state index contributed by atoms with van der Waals surface area (Å²) < 4.78 is 61.1. The maximum atomic E-state index is 13.3. The van der Waals surface area contributed by atoms with Crippen molar-refractivity contribution in [3.63, 3.8) is 0 Å². The Hall–Kier alpha value is -0.840. The topological polar surface area (TPSA) is 121 Å². The van der Waals surface area contributed by atoms with Crippen LogP contribution in [0.5, 0.6) is 0 Å². The van der Waals surface area contributed by atoms with Gasteiger partial charge >= 0.3 is 21.3 Å². The van der Waals surface area contributed by atoms with Crippen LogP contribution in [-0.4, -0.2) is 53.2 Å². The van der Waals surface area contributed by atoms with Crippen LogP contribution in [0.15, 0.2) is 0 Å². The molecule has 10 heteroatoms. The zero-order chi connectivity index (χ0) is 26.7. The summed E-state index contributed by atoms with van der Waals surface area (Å²) >= 11 is 0. The fourth-order valence-corrected chi connectivity index (χ4v) is 9.24. The number of aliphatic hydroxyl groups is 2. The molecule has 0 radical (unpaired) electrons. The first-order valence-corrected chi connectivity index (χ1v) is 14.9. The molecule has 3 N–H and O–H groups in total. The lowest BCUT2D eigenvalue weighted by Gasteiger charge is -2.62. The van der Waals surface area contributed by atoms with E-state index in [0.29, 0.717) is 30.1 Å². The molecule has 0 aromatic rings. The number of fused-ring (bicyclic) bond motifs is 5. The average Bonchev–Trinajstić information content (AvgIpc) is 3.13. The van der Waals surface area contributed by atoms with Gasteiger partial charge in [-0.3, -0.25) is 9.35 Å². The SMILES string of the molecule is C[C@H](CCC(=O)OCC(F)(F)S(=O)(=O)O)[C@H]1CC[C@H]2[C@@H]3[C@@H](O)CC4C[C@H](O)CC[C@]4(C)[C@H]3CC[C@]12C. The second-order valence-electron chi connectivity index (χ2n) is 12.7. The number of halogens is 2. The van der Waals surface area contributed by atoms with Crippen LogP contribution in [0.4, 0.5) is 8.78 Å². The van der Waals surface area contributed by atoms with Gasteiger partial charge in [0.1, 0.15) is 0 Å². The number of alkyl halides is 2. The van der Waals surface area contributed by atoms with Crippen molar-refractivity contribution in [1.29, 1.82) is 0 Å². The Morgan fingerprint density at radius 1 is 1.06 bits per heavy atom. The molecule has 0 aromatic carbocycles. The number of hydrogen-bond donors (Lipinski definition) is 3. The molecule has 1 unspecified atom stereocenters. The van der Waals surface area contributed by atoms with Crippen molar-refractivity contribution < 1.29 is 41.5 Å². The number of esters is 1. The van der Waals surface area contributed by atoms with Crippen LogP contribution in [0.1, 0.15) is 85.0 Å². The molecule has 4 aliphatic carbocycles. The second kappa shape index (κ2) is 9.72. The molecule has 0 amide bonds. The van der Waals surface area contributed by atoms with E-state index in [2.05, 4.69) is 25.5 Å². The number of rotatable bonds is 7. The van der Waals surface area contributed by atoms with Crippen LogP contribution in [0.25, 0.3) is 0 Å². The Balaban J connectivity index is 1.38. The average molecular weight is 537 g/mol. The molecule has 7 nitrogen and oxygen atoms in total. The van der Waals surface area contributed by atoms with Gasteiger partial charge in [0.2, 0.25) is 0 Å². The molecule has 36 heavy (non-hydrogen) atoms. The van der Waals surface area contributed by atoms with Crippen LogP contribution in [-0.2, 0) is 19.6 Å². The molecule has 4 fully saturated rings. The number of carbonyl (C=O) groups is 1. The predicted molar refractivity (Wildman–Crippen MR) is 128 cm³/mol. The molecule has 0 saturated heterocycles. The predicted octanol–water partition coefficient (Wildman–Crippen LogP) is 4.42. The van der Waals surface area contributed by atoms with E-state index >= 15 is 0 Å². The van der Waals surface area contributed by atoms with Crippen LogP contribution >= 0.6 is 0 Å². The van der Waals surface area contributed by atoms with Crippen LogP contribution in [0.3, 0.4) is 0 Å². The molecule has 0 aromatic heterocycles. The van der Waals surface area contributed by atoms with Crippen molar-refractivity contribution >= 4 is 16.1 Å². The minimum absolute atomic E-state index is 0.0286. The summed E-state index contributed by atoms with van der Waals surface area (Å²) in [6, 6.07) is 0. The highest BCUT2D eigenvalue weighted by Crippen LogP contribution is 2.68. The summed E-state index contributed by atoms with van der Waals surface area (Å²) in [5.74, 6) is 1.01. The molecule has 0 aliphatic heterocycles.